The second-order valence-electron chi connectivity index (χ2n) is 5.13. The lowest BCUT2D eigenvalue weighted by molar-refractivity contribution is -0.113. The summed E-state index contributed by atoms with van der Waals surface area (Å²) in [5, 5.41) is 0.197. The van der Waals surface area contributed by atoms with Gasteiger partial charge in [0.1, 0.15) is 12.4 Å². The molecule has 0 radical (unpaired) electrons. The van der Waals surface area contributed by atoms with Crippen molar-refractivity contribution in [2.75, 3.05) is 11.5 Å². The Morgan fingerprint density at radius 3 is 2.56 bits per heavy atom. The molecule has 25 heavy (non-hydrogen) atoms. The highest BCUT2D eigenvalue weighted by Gasteiger charge is 2.36. The smallest absolute Gasteiger partial charge is 0.298 e. The summed E-state index contributed by atoms with van der Waals surface area (Å²) in [5.41, 5.74) is 1.22. The number of halogens is 1. The van der Waals surface area contributed by atoms with Gasteiger partial charge in [-0.25, -0.2) is 4.90 Å². The van der Waals surface area contributed by atoms with Crippen molar-refractivity contribution >= 4 is 46.3 Å². The average Bonchev–Trinajstić information content (AvgIpc) is 2.89. The van der Waals surface area contributed by atoms with E-state index in [-0.39, 0.29) is 11.1 Å². The Hall–Kier alpha value is -2.50. The summed E-state index contributed by atoms with van der Waals surface area (Å²) in [6.07, 6.45) is 3.31. The molecular formula is C19H14ClNO3S. The van der Waals surface area contributed by atoms with Crippen LogP contribution in [0.15, 0.2) is 66.1 Å². The van der Waals surface area contributed by atoms with E-state index in [1.165, 1.54) is 0 Å². The van der Waals surface area contributed by atoms with Gasteiger partial charge in [0.25, 0.3) is 11.1 Å². The average molecular weight is 372 g/mol. The Kier molecular flexibility index (Phi) is 5.26. The zero-order valence-corrected chi connectivity index (χ0v) is 14.7. The van der Waals surface area contributed by atoms with Gasteiger partial charge in [0.2, 0.25) is 0 Å². The lowest BCUT2D eigenvalue weighted by Gasteiger charge is -2.12. The number of benzene rings is 2. The van der Waals surface area contributed by atoms with Crippen molar-refractivity contribution in [3.05, 3.63) is 76.7 Å². The fourth-order valence-corrected chi connectivity index (χ4v) is 3.26. The quantitative estimate of drug-likeness (QED) is 0.539. The summed E-state index contributed by atoms with van der Waals surface area (Å²) in [7, 11) is 0. The van der Waals surface area contributed by atoms with Crippen molar-refractivity contribution in [2.24, 2.45) is 0 Å². The monoisotopic (exact) mass is 371 g/mol. The highest BCUT2D eigenvalue weighted by Crippen LogP contribution is 2.37. The van der Waals surface area contributed by atoms with Gasteiger partial charge in [-0.2, -0.15) is 0 Å². The third kappa shape index (κ3) is 3.78. The Morgan fingerprint density at radius 2 is 1.84 bits per heavy atom. The molecule has 0 spiro atoms. The number of rotatable bonds is 5. The lowest BCUT2D eigenvalue weighted by atomic mass is 10.2. The van der Waals surface area contributed by atoms with Crippen LogP contribution in [0.2, 0.25) is 5.02 Å². The summed E-state index contributed by atoms with van der Waals surface area (Å²) in [4.78, 5) is 26.4. The Bertz CT molecular complexity index is 861. The van der Waals surface area contributed by atoms with Crippen molar-refractivity contribution in [3.8, 4) is 5.75 Å². The van der Waals surface area contributed by atoms with Gasteiger partial charge >= 0.3 is 0 Å². The molecule has 0 atom stereocenters. The molecule has 3 rings (SSSR count). The minimum atomic E-state index is -0.365. The van der Waals surface area contributed by atoms with E-state index in [1.807, 2.05) is 18.2 Å². The molecule has 1 saturated heterocycles. The summed E-state index contributed by atoms with van der Waals surface area (Å²) < 4.78 is 5.59. The van der Waals surface area contributed by atoms with Crippen LogP contribution in [0.25, 0.3) is 6.08 Å². The third-order valence-electron chi connectivity index (χ3n) is 3.44. The number of anilines is 1. The molecule has 1 aliphatic rings. The van der Waals surface area contributed by atoms with Gasteiger partial charge in [-0.05, 0) is 48.2 Å². The standard InChI is InChI=1S/C19H14ClNO3S/c1-2-11-24-16-6-4-3-5-13(16)12-17-18(22)21(19(23)25-17)15-9-7-14(20)8-10-15/h2-10,12H,1,11H2/b17-12-. The highest BCUT2D eigenvalue weighted by atomic mass is 35.5. The number of hydrogen-bond acceptors (Lipinski definition) is 4. The molecule has 2 amide bonds. The van der Waals surface area contributed by atoms with Crippen LogP contribution in [0, 0.1) is 0 Å². The number of thioether (sulfide) groups is 1. The van der Waals surface area contributed by atoms with Gasteiger partial charge < -0.3 is 4.74 Å². The SMILES string of the molecule is C=CCOc1ccccc1/C=C1\SC(=O)N(c2ccc(Cl)cc2)C1=O. The van der Waals surface area contributed by atoms with E-state index >= 15 is 0 Å². The van der Waals surface area contributed by atoms with Crippen molar-refractivity contribution in [1.82, 2.24) is 0 Å². The minimum Gasteiger partial charge on any atom is -0.489 e. The Balaban J connectivity index is 1.91. The lowest BCUT2D eigenvalue weighted by Crippen LogP contribution is -2.27. The van der Waals surface area contributed by atoms with Crippen molar-refractivity contribution < 1.29 is 14.3 Å². The number of amides is 2. The zero-order chi connectivity index (χ0) is 17.8. The molecule has 2 aromatic rings. The summed E-state index contributed by atoms with van der Waals surface area (Å²) in [6, 6.07) is 13.9. The summed E-state index contributed by atoms with van der Waals surface area (Å²) in [6.45, 7) is 3.98. The molecule has 0 aromatic heterocycles. The number of ether oxygens (including phenoxy) is 1. The molecule has 0 bridgehead atoms. The number of carbonyl (C=O) groups is 2. The third-order valence-corrected chi connectivity index (χ3v) is 4.56. The first-order valence-corrected chi connectivity index (χ1v) is 8.66. The van der Waals surface area contributed by atoms with Crippen molar-refractivity contribution in [2.45, 2.75) is 0 Å². The number of imide groups is 1. The van der Waals surface area contributed by atoms with Gasteiger partial charge in [0.15, 0.2) is 0 Å². The van der Waals surface area contributed by atoms with Crippen LogP contribution in [0.5, 0.6) is 5.75 Å². The predicted octanol–water partition coefficient (Wildman–Crippen LogP) is 5.15. The van der Waals surface area contributed by atoms with Crippen molar-refractivity contribution in [3.63, 3.8) is 0 Å². The summed E-state index contributed by atoms with van der Waals surface area (Å²) >= 11 is 6.76. The summed E-state index contributed by atoms with van der Waals surface area (Å²) in [5.74, 6) is 0.261. The van der Waals surface area contributed by atoms with Crippen LogP contribution >= 0.6 is 23.4 Å². The van der Waals surface area contributed by atoms with Crippen molar-refractivity contribution in [1.29, 1.82) is 0 Å². The fraction of sp³-hybridized carbons (Fsp3) is 0.0526. The first-order valence-electron chi connectivity index (χ1n) is 7.46. The second kappa shape index (κ2) is 7.59. The van der Waals surface area contributed by atoms with Crippen LogP contribution in [0.3, 0.4) is 0 Å². The van der Waals surface area contributed by atoms with Crippen LogP contribution in [-0.2, 0) is 4.79 Å². The molecule has 0 saturated carbocycles. The normalized spacial score (nSPS) is 15.7. The molecule has 2 aromatic carbocycles. The van der Waals surface area contributed by atoms with Crippen LogP contribution in [0.1, 0.15) is 5.56 Å². The number of carbonyl (C=O) groups excluding carboxylic acids is 2. The Morgan fingerprint density at radius 1 is 1.12 bits per heavy atom. The molecule has 6 heteroatoms. The molecule has 1 fully saturated rings. The minimum absolute atomic E-state index is 0.342. The predicted molar refractivity (Wildman–Crippen MR) is 102 cm³/mol. The molecule has 0 aliphatic carbocycles. The van der Waals surface area contributed by atoms with Crippen LogP contribution in [-0.4, -0.2) is 17.8 Å². The first kappa shape index (κ1) is 17.3. The molecule has 0 N–H and O–H groups in total. The number of para-hydroxylation sites is 1. The zero-order valence-electron chi connectivity index (χ0n) is 13.1. The first-order chi connectivity index (χ1) is 12.1. The van der Waals surface area contributed by atoms with Crippen LogP contribution < -0.4 is 9.64 Å². The van der Waals surface area contributed by atoms with E-state index in [4.69, 9.17) is 16.3 Å². The molecule has 4 nitrogen and oxygen atoms in total. The Labute approximate surface area is 154 Å². The van der Waals surface area contributed by atoms with Gasteiger partial charge in [-0.1, -0.05) is 42.5 Å². The van der Waals surface area contributed by atoms with E-state index in [0.717, 1.165) is 22.2 Å². The maximum atomic E-state index is 12.7. The van der Waals surface area contributed by atoms with E-state index in [2.05, 4.69) is 6.58 Å². The molecule has 126 valence electrons. The van der Waals surface area contributed by atoms with E-state index in [1.54, 1.807) is 42.5 Å². The van der Waals surface area contributed by atoms with Gasteiger partial charge in [0, 0.05) is 10.6 Å². The fourth-order valence-electron chi connectivity index (χ4n) is 2.30. The molecule has 0 unspecified atom stereocenters. The number of nitrogens with zero attached hydrogens (tertiary/aromatic N) is 1. The molecular weight excluding hydrogens is 358 g/mol. The van der Waals surface area contributed by atoms with E-state index < -0.39 is 0 Å². The molecule has 1 heterocycles. The van der Waals surface area contributed by atoms with Gasteiger partial charge in [0.05, 0.1) is 10.6 Å². The maximum Gasteiger partial charge on any atom is 0.298 e. The van der Waals surface area contributed by atoms with Gasteiger partial charge in [-0.3, -0.25) is 9.59 Å². The maximum absolute atomic E-state index is 12.7. The molecule has 1 aliphatic heterocycles. The topological polar surface area (TPSA) is 46.6 Å². The van der Waals surface area contributed by atoms with Gasteiger partial charge in [-0.15, -0.1) is 0 Å². The van der Waals surface area contributed by atoms with E-state index in [0.29, 0.717) is 28.0 Å². The largest absolute Gasteiger partial charge is 0.489 e. The highest BCUT2D eigenvalue weighted by molar-refractivity contribution is 8.19. The number of hydrogen-bond donors (Lipinski definition) is 0. The van der Waals surface area contributed by atoms with Crippen LogP contribution in [0.4, 0.5) is 10.5 Å². The van der Waals surface area contributed by atoms with E-state index in [9.17, 15) is 9.59 Å². The second-order valence-corrected chi connectivity index (χ2v) is 6.56.